The van der Waals surface area contributed by atoms with Gasteiger partial charge in [0.2, 0.25) is 0 Å². The summed E-state index contributed by atoms with van der Waals surface area (Å²) < 4.78 is 10.1. The maximum atomic E-state index is 10.9. The average Bonchev–Trinajstić information content (AvgIpc) is 2.37. The number of para-hydroxylation sites is 1. The van der Waals surface area contributed by atoms with E-state index in [0.717, 1.165) is 24.4 Å². The van der Waals surface area contributed by atoms with Crippen molar-refractivity contribution in [1.82, 2.24) is 5.32 Å². The zero-order chi connectivity index (χ0) is 12.5. The van der Waals surface area contributed by atoms with Crippen LogP contribution in [0.15, 0.2) is 24.3 Å². The summed E-state index contributed by atoms with van der Waals surface area (Å²) in [7, 11) is 1.38. The lowest BCUT2D eigenvalue weighted by Gasteiger charge is -2.11. The number of ether oxygens (including phenoxy) is 2. The topological polar surface area (TPSA) is 47.6 Å². The number of hydrogen-bond acceptors (Lipinski definition) is 4. The Morgan fingerprint density at radius 3 is 2.82 bits per heavy atom. The van der Waals surface area contributed by atoms with E-state index in [9.17, 15) is 4.79 Å². The molecule has 1 rings (SSSR count). The van der Waals surface area contributed by atoms with Crippen LogP contribution in [0.3, 0.4) is 0 Å². The van der Waals surface area contributed by atoms with E-state index in [0.29, 0.717) is 6.61 Å². The van der Waals surface area contributed by atoms with E-state index in [1.54, 1.807) is 0 Å². The summed E-state index contributed by atoms with van der Waals surface area (Å²) in [5.41, 5.74) is 1.10. The molecule has 0 spiro atoms. The van der Waals surface area contributed by atoms with Gasteiger partial charge in [-0.2, -0.15) is 0 Å². The van der Waals surface area contributed by atoms with E-state index in [-0.39, 0.29) is 12.4 Å². The summed E-state index contributed by atoms with van der Waals surface area (Å²) in [6.45, 7) is 4.08. The van der Waals surface area contributed by atoms with Crippen molar-refractivity contribution in [2.75, 3.05) is 20.3 Å². The van der Waals surface area contributed by atoms with Crippen LogP contribution in [0, 0.1) is 0 Å². The first-order chi connectivity index (χ1) is 8.27. The van der Waals surface area contributed by atoms with Crippen LogP contribution < -0.4 is 10.1 Å². The van der Waals surface area contributed by atoms with Gasteiger partial charge in [0.25, 0.3) is 0 Å². The highest BCUT2D eigenvalue weighted by molar-refractivity contribution is 5.69. The maximum absolute atomic E-state index is 10.9. The molecule has 0 unspecified atom stereocenters. The third-order valence-corrected chi connectivity index (χ3v) is 2.33. The molecule has 1 aromatic carbocycles. The molecule has 0 aromatic heterocycles. The van der Waals surface area contributed by atoms with Gasteiger partial charge in [0.1, 0.15) is 5.75 Å². The van der Waals surface area contributed by atoms with Gasteiger partial charge in [-0.05, 0) is 12.6 Å². The van der Waals surface area contributed by atoms with Crippen molar-refractivity contribution in [2.45, 2.75) is 19.9 Å². The van der Waals surface area contributed by atoms with E-state index >= 15 is 0 Å². The van der Waals surface area contributed by atoms with Crippen molar-refractivity contribution in [3.05, 3.63) is 29.8 Å². The number of benzene rings is 1. The second-order valence-electron chi connectivity index (χ2n) is 3.56. The van der Waals surface area contributed by atoms with Gasteiger partial charge in [0, 0.05) is 12.1 Å². The predicted octanol–water partition coefficient (Wildman–Crippen LogP) is 1.74. The Morgan fingerprint density at radius 1 is 1.35 bits per heavy atom. The standard InChI is InChI=1S/C13H19NO3/c1-3-14-10-11-6-4-5-7-12(11)17-9-8-13(15)16-2/h4-7,14H,3,8-10H2,1-2H3. The van der Waals surface area contributed by atoms with Crippen LogP contribution in [0.5, 0.6) is 5.75 Å². The van der Waals surface area contributed by atoms with Crippen molar-refractivity contribution in [3.8, 4) is 5.75 Å². The highest BCUT2D eigenvalue weighted by Gasteiger charge is 2.04. The molecule has 17 heavy (non-hydrogen) atoms. The summed E-state index contributed by atoms with van der Waals surface area (Å²) in [6, 6.07) is 7.81. The molecule has 0 bridgehead atoms. The lowest BCUT2D eigenvalue weighted by molar-refractivity contribution is -0.141. The molecule has 0 amide bonds. The minimum atomic E-state index is -0.255. The molecule has 0 aliphatic carbocycles. The molecule has 1 aromatic rings. The van der Waals surface area contributed by atoms with Gasteiger partial charge >= 0.3 is 5.97 Å². The summed E-state index contributed by atoms with van der Waals surface area (Å²) >= 11 is 0. The third-order valence-electron chi connectivity index (χ3n) is 2.33. The fraction of sp³-hybridized carbons (Fsp3) is 0.462. The van der Waals surface area contributed by atoms with E-state index in [1.807, 2.05) is 24.3 Å². The minimum absolute atomic E-state index is 0.255. The number of esters is 1. The quantitative estimate of drug-likeness (QED) is 0.734. The Labute approximate surface area is 102 Å². The van der Waals surface area contributed by atoms with Gasteiger partial charge in [0.15, 0.2) is 0 Å². The van der Waals surface area contributed by atoms with Crippen LogP contribution in [0.4, 0.5) is 0 Å². The molecule has 0 atom stereocenters. The van der Waals surface area contributed by atoms with Gasteiger partial charge in [-0.25, -0.2) is 0 Å². The fourth-order valence-electron chi connectivity index (χ4n) is 1.40. The monoisotopic (exact) mass is 237 g/mol. The molecule has 0 radical (unpaired) electrons. The smallest absolute Gasteiger partial charge is 0.308 e. The minimum Gasteiger partial charge on any atom is -0.493 e. The summed E-state index contributed by atoms with van der Waals surface area (Å²) in [6.07, 6.45) is 0.270. The Balaban J connectivity index is 2.48. The van der Waals surface area contributed by atoms with Gasteiger partial charge in [0.05, 0.1) is 20.1 Å². The zero-order valence-electron chi connectivity index (χ0n) is 10.4. The van der Waals surface area contributed by atoms with Crippen LogP contribution in [0.2, 0.25) is 0 Å². The highest BCUT2D eigenvalue weighted by Crippen LogP contribution is 2.17. The molecule has 0 aliphatic rings. The molecule has 0 fully saturated rings. The molecule has 0 heterocycles. The van der Waals surface area contributed by atoms with Crippen molar-refractivity contribution >= 4 is 5.97 Å². The fourth-order valence-corrected chi connectivity index (χ4v) is 1.40. The number of carbonyl (C=O) groups excluding carboxylic acids is 1. The van der Waals surface area contributed by atoms with E-state index in [1.165, 1.54) is 7.11 Å². The van der Waals surface area contributed by atoms with Crippen molar-refractivity contribution in [1.29, 1.82) is 0 Å². The van der Waals surface area contributed by atoms with Gasteiger partial charge in [-0.15, -0.1) is 0 Å². The van der Waals surface area contributed by atoms with Crippen molar-refractivity contribution < 1.29 is 14.3 Å². The van der Waals surface area contributed by atoms with Crippen LogP contribution in [-0.4, -0.2) is 26.2 Å². The van der Waals surface area contributed by atoms with Crippen LogP contribution >= 0.6 is 0 Å². The third kappa shape index (κ3) is 4.87. The lowest BCUT2D eigenvalue weighted by Crippen LogP contribution is -2.13. The van der Waals surface area contributed by atoms with Gasteiger partial charge in [-0.1, -0.05) is 25.1 Å². The summed E-state index contributed by atoms with van der Waals surface area (Å²) in [4.78, 5) is 10.9. The number of hydrogen-bond donors (Lipinski definition) is 1. The molecular formula is C13H19NO3. The lowest BCUT2D eigenvalue weighted by atomic mass is 10.2. The number of rotatable bonds is 7. The van der Waals surface area contributed by atoms with Crippen LogP contribution in [0.25, 0.3) is 0 Å². The van der Waals surface area contributed by atoms with E-state index in [4.69, 9.17) is 4.74 Å². The van der Waals surface area contributed by atoms with E-state index < -0.39 is 0 Å². The highest BCUT2D eigenvalue weighted by atomic mass is 16.5. The molecule has 1 N–H and O–H groups in total. The molecule has 0 aliphatic heterocycles. The first-order valence-electron chi connectivity index (χ1n) is 5.76. The Morgan fingerprint density at radius 2 is 2.12 bits per heavy atom. The maximum Gasteiger partial charge on any atom is 0.308 e. The SMILES string of the molecule is CCNCc1ccccc1OCCC(=O)OC. The molecule has 0 saturated heterocycles. The Bertz CT molecular complexity index is 352. The molecule has 0 saturated carbocycles. The summed E-state index contributed by atoms with van der Waals surface area (Å²) in [5.74, 6) is 0.562. The first-order valence-corrected chi connectivity index (χ1v) is 5.76. The predicted molar refractivity (Wildman–Crippen MR) is 66.0 cm³/mol. The molecular weight excluding hydrogens is 218 g/mol. The molecule has 4 nitrogen and oxygen atoms in total. The van der Waals surface area contributed by atoms with Crippen LogP contribution in [-0.2, 0) is 16.1 Å². The Kier molecular flexibility index (Phi) is 6.10. The average molecular weight is 237 g/mol. The van der Waals surface area contributed by atoms with Crippen LogP contribution in [0.1, 0.15) is 18.9 Å². The second kappa shape index (κ2) is 7.68. The van der Waals surface area contributed by atoms with Crippen molar-refractivity contribution in [2.24, 2.45) is 0 Å². The molecule has 4 heteroatoms. The normalized spacial score (nSPS) is 10.0. The Hall–Kier alpha value is -1.55. The number of nitrogens with one attached hydrogen (secondary N) is 1. The second-order valence-corrected chi connectivity index (χ2v) is 3.56. The van der Waals surface area contributed by atoms with Crippen molar-refractivity contribution in [3.63, 3.8) is 0 Å². The summed E-state index contributed by atoms with van der Waals surface area (Å²) in [5, 5.41) is 3.24. The molecule has 94 valence electrons. The number of methoxy groups -OCH3 is 1. The van der Waals surface area contributed by atoms with E-state index in [2.05, 4.69) is 17.0 Å². The largest absolute Gasteiger partial charge is 0.493 e. The van der Waals surface area contributed by atoms with Gasteiger partial charge < -0.3 is 14.8 Å². The van der Waals surface area contributed by atoms with Gasteiger partial charge in [-0.3, -0.25) is 4.79 Å². The first kappa shape index (κ1) is 13.5. The zero-order valence-corrected chi connectivity index (χ0v) is 10.4. The number of carbonyl (C=O) groups is 1.